The first-order valence-corrected chi connectivity index (χ1v) is 12.1. The van der Waals surface area contributed by atoms with Crippen LogP contribution in [0, 0.1) is 0 Å². The molecule has 0 saturated carbocycles. The number of anilines is 4. The minimum absolute atomic E-state index is 0.449. The monoisotopic (exact) mass is 497 g/mol. The highest BCUT2D eigenvalue weighted by atomic mass is 19.1. The van der Waals surface area contributed by atoms with Crippen LogP contribution in [0.3, 0.4) is 0 Å². The molecule has 1 saturated heterocycles. The fourth-order valence-corrected chi connectivity index (χ4v) is 4.33. The molecule has 0 bridgehead atoms. The van der Waals surface area contributed by atoms with Gasteiger partial charge in [0.15, 0.2) is 0 Å². The molecule has 0 aliphatic carbocycles. The van der Waals surface area contributed by atoms with Crippen LogP contribution in [-0.2, 0) is 4.79 Å². The standard InChI is InChI=1S/C28H28FN7O/c1-19(29)17-25(37)33-24-7-4-12-30-27(24)23-6-3-5-20-18-31-28(34-26(20)23)32-21-8-10-22(11-9-21)36-15-13-35(2)14-16-36/h3-12,17-18H,13-16H2,1-2H3,(H,33,37)(H,31,32,34)/b19-17-. The lowest BCUT2D eigenvalue weighted by Crippen LogP contribution is -2.44. The second kappa shape index (κ2) is 10.7. The van der Waals surface area contributed by atoms with Gasteiger partial charge in [0, 0.05) is 67.0 Å². The van der Waals surface area contributed by atoms with Crippen LogP contribution in [0.4, 0.5) is 27.4 Å². The Bertz CT molecular complexity index is 1440. The molecule has 188 valence electrons. The number of fused-ring (bicyclic) bond motifs is 1. The molecular formula is C28H28FN7O. The van der Waals surface area contributed by atoms with Gasteiger partial charge in [-0.3, -0.25) is 9.78 Å². The van der Waals surface area contributed by atoms with Crippen molar-refractivity contribution >= 4 is 39.8 Å². The van der Waals surface area contributed by atoms with Crippen LogP contribution >= 0.6 is 0 Å². The van der Waals surface area contributed by atoms with Crippen LogP contribution in [0.15, 0.2) is 78.9 Å². The van der Waals surface area contributed by atoms with Gasteiger partial charge in [-0.25, -0.2) is 14.4 Å². The molecule has 37 heavy (non-hydrogen) atoms. The Balaban J connectivity index is 1.41. The normalized spacial score (nSPS) is 14.6. The van der Waals surface area contributed by atoms with Crippen molar-refractivity contribution in [2.24, 2.45) is 0 Å². The van der Waals surface area contributed by atoms with Gasteiger partial charge in [0.2, 0.25) is 5.95 Å². The maximum absolute atomic E-state index is 13.2. The van der Waals surface area contributed by atoms with E-state index in [-0.39, 0.29) is 0 Å². The molecular weight excluding hydrogens is 469 g/mol. The number of benzene rings is 2. The van der Waals surface area contributed by atoms with E-state index in [2.05, 4.69) is 49.6 Å². The van der Waals surface area contributed by atoms with Crippen molar-refractivity contribution in [1.29, 1.82) is 0 Å². The summed E-state index contributed by atoms with van der Waals surface area (Å²) >= 11 is 0. The molecule has 2 aromatic carbocycles. The number of hydrogen-bond donors (Lipinski definition) is 2. The SMILES string of the molecule is C/C(F)=C/C(=O)Nc1cccnc1-c1cccc2cnc(Nc3ccc(N4CCN(C)CC4)cc3)nc12. The van der Waals surface area contributed by atoms with Crippen LogP contribution in [0.1, 0.15) is 6.92 Å². The second-order valence-electron chi connectivity index (χ2n) is 9.02. The second-order valence-corrected chi connectivity index (χ2v) is 9.02. The van der Waals surface area contributed by atoms with Gasteiger partial charge in [0.05, 0.1) is 16.9 Å². The molecule has 8 nitrogen and oxygen atoms in total. The number of nitrogens with zero attached hydrogens (tertiary/aromatic N) is 5. The lowest BCUT2D eigenvalue weighted by Gasteiger charge is -2.34. The van der Waals surface area contributed by atoms with E-state index in [0.29, 0.717) is 22.8 Å². The minimum Gasteiger partial charge on any atom is -0.369 e. The van der Waals surface area contributed by atoms with E-state index in [0.717, 1.165) is 48.9 Å². The number of piperazine rings is 1. The van der Waals surface area contributed by atoms with Crippen molar-refractivity contribution in [3.8, 4) is 11.3 Å². The molecule has 2 aromatic heterocycles. The van der Waals surface area contributed by atoms with E-state index in [1.165, 1.54) is 12.6 Å². The van der Waals surface area contributed by atoms with Gasteiger partial charge < -0.3 is 20.4 Å². The number of para-hydroxylation sites is 1. The smallest absolute Gasteiger partial charge is 0.251 e. The van der Waals surface area contributed by atoms with E-state index in [4.69, 9.17) is 4.98 Å². The highest BCUT2D eigenvalue weighted by molar-refractivity contribution is 6.04. The number of carbonyl (C=O) groups is 1. The van der Waals surface area contributed by atoms with E-state index < -0.39 is 11.7 Å². The van der Waals surface area contributed by atoms with Crippen molar-refractivity contribution in [1.82, 2.24) is 19.9 Å². The fraction of sp³-hybridized carbons (Fsp3) is 0.214. The van der Waals surface area contributed by atoms with Gasteiger partial charge in [0.1, 0.15) is 5.83 Å². The summed E-state index contributed by atoms with van der Waals surface area (Å²) in [6.45, 7) is 5.36. The van der Waals surface area contributed by atoms with E-state index in [9.17, 15) is 9.18 Å². The molecule has 0 spiro atoms. The van der Waals surface area contributed by atoms with Gasteiger partial charge in [-0.05, 0) is 50.4 Å². The molecule has 0 atom stereocenters. The minimum atomic E-state index is -0.576. The van der Waals surface area contributed by atoms with Crippen LogP contribution in [0.5, 0.6) is 0 Å². The lowest BCUT2D eigenvalue weighted by atomic mass is 10.1. The van der Waals surface area contributed by atoms with Crippen LogP contribution < -0.4 is 15.5 Å². The summed E-state index contributed by atoms with van der Waals surface area (Å²) in [5.74, 6) is -0.690. The average Bonchev–Trinajstić information content (AvgIpc) is 2.89. The summed E-state index contributed by atoms with van der Waals surface area (Å²) in [6, 6.07) is 17.4. The van der Waals surface area contributed by atoms with Gasteiger partial charge in [-0.1, -0.05) is 18.2 Å². The number of aromatic nitrogens is 3. The molecule has 5 rings (SSSR count). The Kier molecular flexibility index (Phi) is 7.04. The maximum atomic E-state index is 13.2. The Labute approximate surface area is 214 Å². The van der Waals surface area contributed by atoms with Gasteiger partial charge in [0.25, 0.3) is 5.91 Å². The number of carbonyl (C=O) groups excluding carboxylic acids is 1. The van der Waals surface area contributed by atoms with Crippen LogP contribution in [0.25, 0.3) is 22.2 Å². The topological polar surface area (TPSA) is 86.3 Å². The zero-order valence-electron chi connectivity index (χ0n) is 20.8. The number of likely N-dealkylation sites (N-methyl/N-ethyl adjacent to an activating group) is 1. The molecule has 0 radical (unpaired) electrons. The summed E-state index contributed by atoms with van der Waals surface area (Å²) < 4.78 is 13.2. The van der Waals surface area contributed by atoms with Gasteiger partial charge in [-0.2, -0.15) is 0 Å². The molecule has 1 fully saturated rings. The Morgan fingerprint density at radius 2 is 1.78 bits per heavy atom. The zero-order valence-corrected chi connectivity index (χ0v) is 20.8. The van der Waals surface area contributed by atoms with E-state index in [1.54, 1.807) is 24.5 Å². The number of pyridine rings is 1. The van der Waals surface area contributed by atoms with Gasteiger partial charge in [-0.15, -0.1) is 0 Å². The maximum Gasteiger partial charge on any atom is 0.251 e. The highest BCUT2D eigenvalue weighted by Crippen LogP contribution is 2.32. The summed E-state index contributed by atoms with van der Waals surface area (Å²) in [5, 5.41) is 6.83. The molecule has 3 heterocycles. The Hall–Kier alpha value is -4.37. The molecule has 2 N–H and O–H groups in total. The van der Waals surface area contributed by atoms with Crippen molar-refractivity contribution in [2.45, 2.75) is 6.92 Å². The summed E-state index contributed by atoms with van der Waals surface area (Å²) in [4.78, 5) is 30.6. The van der Waals surface area contributed by atoms with Crippen molar-refractivity contribution in [3.63, 3.8) is 0 Å². The number of amides is 1. The van der Waals surface area contributed by atoms with Crippen LogP contribution in [-0.4, -0.2) is 59.0 Å². The first-order valence-electron chi connectivity index (χ1n) is 12.1. The highest BCUT2D eigenvalue weighted by Gasteiger charge is 2.15. The van der Waals surface area contributed by atoms with Gasteiger partial charge >= 0.3 is 0 Å². The van der Waals surface area contributed by atoms with Crippen LogP contribution in [0.2, 0.25) is 0 Å². The molecule has 1 aliphatic rings. The predicted molar refractivity (Wildman–Crippen MR) is 146 cm³/mol. The predicted octanol–water partition coefficient (Wildman–Crippen LogP) is 5.00. The van der Waals surface area contributed by atoms with E-state index in [1.807, 2.05) is 30.3 Å². The Morgan fingerprint density at radius 1 is 1.00 bits per heavy atom. The number of rotatable bonds is 6. The number of halogens is 1. The largest absolute Gasteiger partial charge is 0.369 e. The molecule has 1 aliphatic heterocycles. The van der Waals surface area contributed by atoms with E-state index >= 15 is 0 Å². The fourth-order valence-electron chi connectivity index (χ4n) is 4.33. The van der Waals surface area contributed by atoms with Crippen molar-refractivity contribution in [3.05, 3.63) is 78.9 Å². The summed E-state index contributed by atoms with van der Waals surface area (Å²) in [5.41, 5.74) is 4.49. The number of allylic oxidation sites excluding steroid dienone is 1. The zero-order chi connectivity index (χ0) is 25.8. The molecule has 0 unspecified atom stereocenters. The van der Waals surface area contributed by atoms with Crippen molar-refractivity contribution < 1.29 is 9.18 Å². The third-order valence-electron chi connectivity index (χ3n) is 6.25. The number of nitrogens with one attached hydrogen (secondary N) is 2. The quantitative estimate of drug-likeness (QED) is 0.363. The molecule has 9 heteroatoms. The average molecular weight is 498 g/mol. The summed E-state index contributed by atoms with van der Waals surface area (Å²) in [7, 11) is 2.15. The first-order chi connectivity index (χ1) is 18.0. The summed E-state index contributed by atoms with van der Waals surface area (Å²) in [6.07, 6.45) is 4.30. The Morgan fingerprint density at radius 3 is 2.54 bits per heavy atom. The number of hydrogen-bond acceptors (Lipinski definition) is 7. The third kappa shape index (κ3) is 5.73. The third-order valence-corrected chi connectivity index (χ3v) is 6.25. The molecule has 4 aromatic rings. The molecule has 1 amide bonds. The first kappa shape index (κ1) is 24.3. The lowest BCUT2D eigenvalue weighted by molar-refractivity contribution is -0.112. The van der Waals surface area contributed by atoms with Crippen molar-refractivity contribution in [2.75, 3.05) is 48.8 Å².